The summed E-state index contributed by atoms with van der Waals surface area (Å²) in [6.07, 6.45) is 1.61. The van der Waals surface area contributed by atoms with Crippen molar-refractivity contribution < 1.29 is 27.4 Å². The Morgan fingerprint density at radius 1 is 1.16 bits per heavy atom. The van der Waals surface area contributed by atoms with E-state index in [1.165, 1.54) is 7.11 Å². The fraction of sp³-hybridized carbons (Fsp3) is 0.409. The zero-order chi connectivity index (χ0) is 22.8. The Bertz CT molecular complexity index is 1070. The number of nitrogens with zero attached hydrogens (tertiary/aromatic N) is 1. The van der Waals surface area contributed by atoms with Crippen molar-refractivity contribution in [3.05, 3.63) is 48.0 Å². The molecule has 0 aliphatic carbocycles. The lowest BCUT2D eigenvalue weighted by Crippen LogP contribution is -2.45. The second kappa shape index (κ2) is 8.66. The summed E-state index contributed by atoms with van der Waals surface area (Å²) in [5, 5.41) is 2.97. The van der Waals surface area contributed by atoms with Crippen molar-refractivity contribution >= 4 is 21.6 Å². The number of amides is 1. The topological polar surface area (TPSA) is 94.2 Å². The van der Waals surface area contributed by atoms with Crippen LogP contribution in [0.3, 0.4) is 0 Å². The minimum Gasteiger partial charge on any atom is -0.497 e. The van der Waals surface area contributed by atoms with Crippen molar-refractivity contribution in [2.45, 2.75) is 31.9 Å². The van der Waals surface area contributed by atoms with Crippen LogP contribution in [0.15, 0.2) is 42.5 Å². The summed E-state index contributed by atoms with van der Waals surface area (Å²) in [6.45, 7) is 3.52. The number of carbonyl (C=O) groups excluding carboxylic acids is 1. The maximum Gasteiger partial charge on any atom is 0.241 e. The van der Waals surface area contributed by atoms with Gasteiger partial charge in [-0.1, -0.05) is 6.07 Å². The van der Waals surface area contributed by atoms with Crippen LogP contribution >= 0.6 is 0 Å². The number of nitrogens with one attached hydrogen (secondary N) is 1. The minimum atomic E-state index is -3.70. The Morgan fingerprint density at radius 3 is 2.48 bits per heavy atom. The third-order valence-corrected chi connectivity index (χ3v) is 6.18. The predicted octanol–water partition coefficient (Wildman–Crippen LogP) is 2.89. The lowest BCUT2D eigenvalue weighted by molar-refractivity contribution is -0.120. The highest BCUT2D eigenvalue weighted by Gasteiger charge is 2.35. The molecule has 1 amide bonds. The molecule has 31 heavy (non-hydrogen) atoms. The fourth-order valence-electron chi connectivity index (χ4n) is 3.62. The zero-order valence-corrected chi connectivity index (χ0v) is 19.2. The molecule has 0 saturated carbocycles. The van der Waals surface area contributed by atoms with E-state index in [2.05, 4.69) is 5.32 Å². The quantitative estimate of drug-likeness (QED) is 0.700. The summed E-state index contributed by atoms with van der Waals surface area (Å²) >= 11 is 0. The molecule has 1 aliphatic rings. The molecule has 0 fully saturated rings. The summed E-state index contributed by atoms with van der Waals surface area (Å²) in [7, 11) is -0.623. The molecule has 0 saturated heterocycles. The molecule has 2 aromatic carbocycles. The van der Waals surface area contributed by atoms with Crippen LogP contribution in [0.4, 0.5) is 5.69 Å². The Kier molecular flexibility index (Phi) is 6.35. The number of hydrogen-bond acceptors (Lipinski definition) is 6. The number of hydrogen-bond donors (Lipinski definition) is 1. The van der Waals surface area contributed by atoms with Crippen molar-refractivity contribution in [1.29, 1.82) is 0 Å². The van der Waals surface area contributed by atoms with E-state index in [1.807, 2.05) is 19.9 Å². The first-order chi connectivity index (χ1) is 14.5. The number of carbonyl (C=O) groups is 1. The standard InChI is InChI=1S/C22H28N2O6S/c1-22(2)13-19(18-10-9-17(29-4)12-20(18)30-22)23-21(25)14-24(31(5,26)27)15-7-6-8-16(11-15)28-3/h6-12,19H,13-14H2,1-5H3,(H,23,25). The Hall–Kier alpha value is -2.94. The molecule has 1 unspecified atom stereocenters. The number of fused-ring (bicyclic) bond motifs is 1. The first kappa shape index (κ1) is 22.7. The molecule has 8 nitrogen and oxygen atoms in total. The van der Waals surface area contributed by atoms with Gasteiger partial charge in [-0.15, -0.1) is 0 Å². The van der Waals surface area contributed by atoms with Gasteiger partial charge in [0.25, 0.3) is 0 Å². The third-order valence-electron chi connectivity index (χ3n) is 5.04. The van der Waals surface area contributed by atoms with Gasteiger partial charge in [-0.25, -0.2) is 8.42 Å². The normalized spacial score (nSPS) is 17.1. The lowest BCUT2D eigenvalue weighted by Gasteiger charge is -2.38. The summed E-state index contributed by atoms with van der Waals surface area (Å²) in [5.41, 5.74) is 0.663. The van der Waals surface area contributed by atoms with Crippen LogP contribution in [0, 0.1) is 0 Å². The molecule has 0 radical (unpaired) electrons. The van der Waals surface area contributed by atoms with E-state index in [9.17, 15) is 13.2 Å². The molecule has 1 heterocycles. The van der Waals surface area contributed by atoms with E-state index in [-0.39, 0.29) is 12.6 Å². The number of ether oxygens (including phenoxy) is 3. The highest BCUT2D eigenvalue weighted by molar-refractivity contribution is 7.92. The average Bonchev–Trinajstić information content (AvgIpc) is 2.69. The SMILES string of the molecule is COc1cccc(N(CC(=O)NC2CC(C)(C)Oc3cc(OC)ccc32)S(C)(=O)=O)c1. The summed E-state index contributed by atoms with van der Waals surface area (Å²) in [4.78, 5) is 12.9. The Labute approximate surface area is 183 Å². The van der Waals surface area contributed by atoms with E-state index < -0.39 is 21.5 Å². The molecule has 168 valence electrons. The minimum absolute atomic E-state index is 0.330. The van der Waals surface area contributed by atoms with E-state index >= 15 is 0 Å². The van der Waals surface area contributed by atoms with E-state index in [0.29, 0.717) is 29.4 Å². The van der Waals surface area contributed by atoms with Gasteiger partial charge in [-0.3, -0.25) is 9.10 Å². The first-order valence-corrected chi connectivity index (χ1v) is 11.7. The average molecular weight is 449 g/mol. The summed E-state index contributed by atoms with van der Waals surface area (Å²) in [6, 6.07) is 11.7. The first-order valence-electron chi connectivity index (χ1n) is 9.80. The monoisotopic (exact) mass is 448 g/mol. The maximum atomic E-state index is 12.9. The van der Waals surface area contributed by atoms with Crippen LogP contribution in [0.25, 0.3) is 0 Å². The van der Waals surface area contributed by atoms with Gasteiger partial charge in [0.15, 0.2) is 0 Å². The number of methoxy groups -OCH3 is 2. The zero-order valence-electron chi connectivity index (χ0n) is 18.3. The van der Waals surface area contributed by atoms with E-state index in [1.54, 1.807) is 43.5 Å². The summed E-state index contributed by atoms with van der Waals surface area (Å²) < 4.78 is 42.4. The lowest BCUT2D eigenvalue weighted by atomic mass is 9.89. The second-order valence-corrected chi connectivity index (χ2v) is 9.97. The maximum absolute atomic E-state index is 12.9. The second-order valence-electron chi connectivity index (χ2n) is 8.06. The van der Waals surface area contributed by atoms with Crippen LogP contribution in [-0.4, -0.2) is 46.9 Å². The van der Waals surface area contributed by atoms with Crippen LogP contribution in [0.1, 0.15) is 31.9 Å². The number of benzene rings is 2. The fourth-order valence-corrected chi connectivity index (χ4v) is 4.47. The van der Waals surface area contributed by atoms with Gasteiger partial charge < -0.3 is 19.5 Å². The molecule has 0 aromatic heterocycles. The highest BCUT2D eigenvalue weighted by Crippen LogP contribution is 2.41. The van der Waals surface area contributed by atoms with Crippen molar-refractivity contribution in [1.82, 2.24) is 5.32 Å². The van der Waals surface area contributed by atoms with Gasteiger partial charge in [0.1, 0.15) is 29.4 Å². The number of anilines is 1. The van der Waals surface area contributed by atoms with Crippen molar-refractivity contribution in [2.24, 2.45) is 0 Å². The molecule has 1 aliphatic heterocycles. The molecule has 0 bridgehead atoms. The predicted molar refractivity (Wildman–Crippen MR) is 118 cm³/mol. The highest BCUT2D eigenvalue weighted by atomic mass is 32.2. The Balaban J connectivity index is 1.84. The third kappa shape index (κ3) is 5.41. The van der Waals surface area contributed by atoms with Gasteiger partial charge in [0, 0.05) is 24.1 Å². The molecular formula is C22H28N2O6S. The van der Waals surface area contributed by atoms with Gasteiger partial charge in [-0.05, 0) is 38.1 Å². The van der Waals surface area contributed by atoms with Crippen LogP contribution in [-0.2, 0) is 14.8 Å². The van der Waals surface area contributed by atoms with E-state index in [4.69, 9.17) is 14.2 Å². The molecular weight excluding hydrogens is 420 g/mol. The van der Waals surface area contributed by atoms with E-state index in [0.717, 1.165) is 16.1 Å². The van der Waals surface area contributed by atoms with Crippen LogP contribution in [0.2, 0.25) is 0 Å². The summed E-state index contributed by atoms with van der Waals surface area (Å²) in [5.74, 6) is 1.37. The molecule has 0 spiro atoms. The van der Waals surface area contributed by atoms with Gasteiger partial charge >= 0.3 is 0 Å². The van der Waals surface area contributed by atoms with Gasteiger partial charge in [0.05, 0.1) is 32.2 Å². The molecule has 9 heteroatoms. The molecule has 3 rings (SSSR count). The largest absolute Gasteiger partial charge is 0.497 e. The smallest absolute Gasteiger partial charge is 0.241 e. The molecule has 1 N–H and O–H groups in total. The molecule has 2 aromatic rings. The van der Waals surface area contributed by atoms with Crippen molar-refractivity contribution in [3.63, 3.8) is 0 Å². The number of sulfonamides is 1. The number of rotatable bonds is 7. The van der Waals surface area contributed by atoms with Crippen LogP contribution < -0.4 is 23.8 Å². The molecule has 1 atom stereocenters. The van der Waals surface area contributed by atoms with Gasteiger partial charge in [-0.2, -0.15) is 0 Å². The van der Waals surface area contributed by atoms with Crippen molar-refractivity contribution in [3.8, 4) is 17.2 Å². The van der Waals surface area contributed by atoms with Crippen molar-refractivity contribution in [2.75, 3.05) is 31.3 Å². The Morgan fingerprint density at radius 2 is 1.84 bits per heavy atom. The van der Waals surface area contributed by atoms with Gasteiger partial charge in [0.2, 0.25) is 15.9 Å². The van der Waals surface area contributed by atoms with Crippen LogP contribution in [0.5, 0.6) is 17.2 Å².